The molecule has 9 heteroatoms. The number of nitrogens with zero attached hydrogens (tertiary/aromatic N) is 2. The fraction of sp³-hybridized carbons (Fsp3) is 0.273. The molecule has 31 heavy (non-hydrogen) atoms. The lowest BCUT2D eigenvalue weighted by Gasteiger charge is -2.12. The lowest BCUT2D eigenvalue weighted by atomic mass is 10.1. The molecule has 0 aliphatic carbocycles. The van der Waals surface area contributed by atoms with Crippen molar-refractivity contribution in [2.24, 2.45) is 4.99 Å². The van der Waals surface area contributed by atoms with Gasteiger partial charge in [-0.25, -0.2) is 9.98 Å². The molecule has 3 aromatic rings. The van der Waals surface area contributed by atoms with Crippen molar-refractivity contribution in [1.82, 2.24) is 15.6 Å². The van der Waals surface area contributed by atoms with Crippen LogP contribution in [0, 0.1) is 6.92 Å². The molecule has 0 saturated carbocycles. The number of hydrogen-bond acceptors (Lipinski definition) is 4. The van der Waals surface area contributed by atoms with Crippen LogP contribution in [0.15, 0.2) is 64.1 Å². The van der Waals surface area contributed by atoms with E-state index in [1.807, 2.05) is 44.2 Å². The van der Waals surface area contributed by atoms with Gasteiger partial charge >= 0.3 is 6.61 Å². The number of nitrogens with one attached hydrogen (secondary N) is 2. The number of alkyl halides is 2. The molecule has 0 bridgehead atoms. The van der Waals surface area contributed by atoms with Gasteiger partial charge in [-0.1, -0.05) is 48.0 Å². The third-order valence-corrected chi connectivity index (χ3v) is 4.20. The molecule has 6 nitrogen and oxygen atoms in total. The Kier molecular flexibility index (Phi) is 9.70. The fourth-order valence-electron chi connectivity index (χ4n) is 2.84. The summed E-state index contributed by atoms with van der Waals surface area (Å²) >= 11 is 0. The Morgan fingerprint density at radius 3 is 2.65 bits per heavy atom. The first-order valence-corrected chi connectivity index (χ1v) is 9.61. The number of aliphatic imine (C=N–C) groups is 1. The Hall–Kier alpha value is -2.69. The third-order valence-electron chi connectivity index (χ3n) is 4.20. The second kappa shape index (κ2) is 12.2. The van der Waals surface area contributed by atoms with Crippen molar-refractivity contribution in [1.29, 1.82) is 0 Å². The standard InChI is InChI=1S/C22H24F2N4O2.HI/c1-3-25-22(27-12-17-11-15(2)9-10-18(17)30-21(23)24)28-14-20-26-13-19(29-20)16-7-5-4-6-8-16;/h4-11,13,21H,3,12,14H2,1-2H3,(H2,25,27,28);1H. The Morgan fingerprint density at radius 2 is 1.94 bits per heavy atom. The van der Waals surface area contributed by atoms with Crippen LogP contribution in [0.3, 0.4) is 0 Å². The highest BCUT2D eigenvalue weighted by molar-refractivity contribution is 14.0. The van der Waals surface area contributed by atoms with Crippen LogP contribution in [-0.2, 0) is 13.1 Å². The molecule has 0 aliphatic heterocycles. The molecule has 0 fully saturated rings. The zero-order valence-corrected chi connectivity index (χ0v) is 19.6. The molecule has 2 aromatic carbocycles. The maximum atomic E-state index is 12.7. The van der Waals surface area contributed by atoms with Crippen LogP contribution in [0.25, 0.3) is 11.3 Å². The van der Waals surface area contributed by atoms with Crippen molar-refractivity contribution in [2.45, 2.75) is 33.5 Å². The highest BCUT2D eigenvalue weighted by Crippen LogP contribution is 2.23. The molecular weight excluding hydrogens is 517 g/mol. The van der Waals surface area contributed by atoms with E-state index in [4.69, 9.17) is 4.42 Å². The average molecular weight is 542 g/mol. The van der Waals surface area contributed by atoms with Crippen LogP contribution in [0.2, 0.25) is 0 Å². The molecule has 0 unspecified atom stereocenters. The molecule has 0 atom stereocenters. The summed E-state index contributed by atoms with van der Waals surface area (Å²) in [5, 5.41) is 6.26. The zero-order chi connectivity index (χ0) is 21.3. The van der Waals surface area contributed by atoms with E-state index < -0.39 is 6.61 Å². The smallest absolute Gasteiger partial charge is 0.387 e. The fourth-order valence-corrected chi connectivity index (χ4v) is 2.84. The van der Waals surface area contributed by atoms with E-state index in [0.717, 1.165) is 11.1 Å². The minimum absolute atomic E-state index is 0. The van der Waals surface area contributed by atoms with Crippen LogP contribution in [0.1, 0.15) is 23.9 Å². The van der Waals surface area contributed by atoms with Gasteiger partial charge in [-0.15, -0.1) is 24.0 Å². The van der Waals surface area contributed by atoms with Gasteiger partial charge in [-0.05, 0) is 19.9 Å². The van der Waals surface area contributed by atoms with Crippen molar-refractivity contribution >= 4 is 29.9 Å². The second-order valence-corrected chi connectivity index (χ2v) is 6.52. The normalized spacial score (nSPS) is 11.2. The van der Waals surface area contributed by atoms with Gasteiger partial charge in [0, 0.05) is 17.7 Å². The van der Waals surface area contributed by atoms with Gasteiger partial charge < -0.3 is 19.8 Å². The van der Waals surface area contributed by atoms with Crippen molar-refractivity contribution in [2.75, 3.05) is 6.54 Å². The molecule has 1 heterocycles. The van der Waals surface area contributed by atoms with E-state index >= 15 is 0 Å². The number of guanidine groups is 1. The first-order chi connectivity index (χ1) is 14.5. The van der Waals surface area contributed by atoms with E-state index in [9.17, 15) is 8.78 Å². The van der Waals surface area contributed by atoms with E-state index in [-0.39, 0.29) is 36.3 Å². The summed E-state index contributed by atoms with van der Waals surface area (Å²) in [6, 6.07) is 14.7. The van der Waals surface area contributed by atoms with Gasteiger partial charge in [0.15, 0.2) is 11.7 Å². The minimum atomic E-state index is -2.88. The molecule has 0 saturated heterocycles. The van der Waals surface area contributed by atoms with Crippen molar-refractivity contribution in [3.63, 3.8) is 0 Å². The summed E-state index contributed by atoms with van der Waals surface area (Å²) in [5.41, 5.74) is 2.46. The maximum Gasteiger partial charge on any atom is 0.387 e. The molecule has 166 valence electrons. The quantitative estimate of drug-likeness (QED) is 0.235. The molecule has 2 N–H and O–H groups in total. The largest absolute Gasteiger partial charge is 0.439 e. The number of rotatable bonds is 8. The van der Waals surface area contributed by atoms with Crippen LogP contribution in [0.5, 0.6) is 5.75 Å². The summed E-state index contributed by atoms with van der Waals surface area (Å²) in [4.78, 5) is 8.76. The predicted molar refractivity (Wildman–Crippen MR) is 127 cm³/mol. The predicted octanol–water partition coefficient (Wildman–Crippen LogP) is 5.12. The van der Waals surface area contributed by atoms with Gasteiger partial charge in [0.25, 0.3) is 0 Å². The highest BCUT2D eigenvalue weighted by Gasteiger charge is 2.11. The third kappa shape index (κ3) is 7.50. The van der Waals surface area contributed by atoms with Crippen LogP contribution >= 0.6 is 24.0 Å². The van der Waals surface area contributed by atoms with Crippen LogP contribution < -0.4 is 15.4 Å². The SMILES string of the molecule is CCNC(=NCc1cc(C)ccc1OC(F)F)NCc1ncc(-c2ccccc2)o1.I. The molecule has 3 rings (SSSR count). The first-order valence-electron chi connectivity index (χ1n) is 9.61. The molecule has 0 spiro atoms. The van der Waals surface area contributed by atoms with Crippen molar-refractivity contribution in [3.05, 3.63) is 71.7 Å². The lowest BCUT2D eigenvalue weighted by molar-refractivity contribution is -0.0504. The molecule has 0 aliphatic rings. The summed E-state index contributed by atoms with van der Waals surface area (Å²) in [6.45, 7) is 2.09. The number of hydrogen-bond donors (Lipinski definition) is 2. The van der Waals surface area contributed by atoms with Crippen molar-refractivity contribution in [3.8, 4) is 17.1 Å². The first kappa shape index (κ1) is 24.6. The Bertz CT molecular complexity index is 981. The maximum absolute atomic E-state index is 12.7. The monoisotopic (exact) mass is 542 g/mol. The molecule has 0 radical (unpaired) electrons. The number of aromatic nitrogens is 1. The van der Waals surface area contributed by atoms with E-state index in [1.54, 1.807) is 18.3 Å². The van der Waals surface area contributed by atoms with Gasteiger partial charge in [0.2, 0.25) is 5.89 Å². The second-order valence-electron chi connectivity index (χ2n) is 6.52. The average Bonchev–Trinajstić information content (AvgIpc) is 3.21. The van der Waals surface area contributed by atoms with Crippen LogP contribution in [0.4, 0.5) is 8.78 Å². The number of benzene rings is 2. The zero-order valence-electron chi connectivity index (χ0n) is 17.3. The van der Waals surface area contributed by atoms with Gasteiger partial charge in [0.05, 0.1) is 19.3 Å². The van der Waals surface area contributed by atoms with Gasteiger partial charge in [-0.3, -0.25) is 0 Å². The van der Waals surface area contributed by atoms with Gasteiger partial charge in [-0.2, -0.15) is 8.78 Å². The number of aryl methyl sites for hydroxylation is 1. The lowest BCUT2D eigenvalue weighted by Crippen LogP contribution is -2.36. The summed E-state index contributed by atoms with van der Waals surface area (Å²) in [6.07, 6.45) is 1.68. The Morgan fingerprint density at radius 1 is 1.16 bits per heavy atom. The molecule has 1 aromatic heterocycles. The number of ether oxygens (including phenoxy) is 1. The number of oxazole rings is 1. The van der Waals surface area contributed by atoms with Crippen molar-refractivity contribution < 1.29 is 17.9 Å². The van der Waals surface area contributed by atoms with E-state index in [1.165, 1.54) is 6.07 Å². The van der Waals surface area contributed by atoms with E-state index in [0.29, 0.717) is 36.3 Å². The Labute approximate surface area is 197 Å². The van der Waals surface area contributed by atoms with E-state index in [2.05, 4.69) is 25.3 Å². The minimum Gasteiger partial charge on any atom is -0.439 e. The summed E-state index contributed by atoms with van der Waals surface area (Å²) in [5.74, 6) is 1.83. The highest BCUT2D eigenvalue weighted by atomic mass is 127. The number of halogens is 3. The topological polar surface area (TPSA) is 71.7 Å². The Balaban J connectivity index is 0.00000341. The summed E-state index contributed by atoms with van der Waals surface area (Å²) in [7, 11) is 0. The van der Waals surface area contributed by atoms with Crippen LogP contribution in [-0.4, -0.2) is 24.1 Å². The summed E-state index contributed by atoms with van der Waals surface area (Å²) < 4.78 is 35.7. The van der Waals surface area contributed by atoms with Gasteiger partial charge in [0.1, 0.15) is 5.75 Å². The molecular formula is C22H25F2IN4O2. The molecule has 0 amide bonds.